The van der Waals surface area contributed by atoms with Crippen molar-refractivity contribution in [3.63, 3.8) is 0 Å². The first-order valence-electron chi connectivity index (χ1n) is 9.03. The second kappa shape index (κ2) is 8.73. The maximum Gasteiger partial charge on any atom is 0.254 e. The third kappa shape index (κ3) is 5.59. The lowest BCUT2D eigenvalue weighted by atomic mass is 10.0. The van der Waals surface area contributed by atoms with E-state index in [4.69, 9.17) is 10.5 Å². The lowest BCUT2D eigenvalue weighted by Crippen LogP contribution is -2.18. The highest BCUT2D eigenvalue weighted by atomic mass is 16.5. The summed E-state index contributed by atoms with van der Waals surface area (Å²) in [6.07, 6.45) is 4.71. The average Bonchev–Trinajstić information content (AvgIpc) is 3.45. The molecule has 1 fully saturated rings. The molecule has 3 N–H and O–H groups in total. The first-order chi connectivity index (χ1) is 13.0. The number of aromatic nitrogens is 2. The number of carbonyl (C=O) groups excluding carboxylic acids is 2. The second-order valence-electron chi connectivity index (χ2n) is 6.88. The zero-order valence-corrected chi connectivity index (χ0v) is 15.4. The predicted octanol–water partition coefficient (Wildman–Crippen LogP) is 1.75. The van der Waals surface area contributed by atoms with E-state index in [1.165, 1.54) is 26.1 Å². The predicted molar refractivity (Wildman–Crippen MR) is 102 cm³/mol. The molecule has 2 aromatic rings. The van der Waals surface area contributed by atoms with E-state index in [-0.39, 0.29) is 12.4 Å². The van der Waals surface area contributed by atoms with Gasteiger partial charge in [-0.15, -0.1) is 0 Å². The number of rotatable bonds is 10. The molecule has 1 aromatic carbocycles. The van der Waals surface area contributed by atoms with Crippen LogP contribution in [0.3, 0.4) is 0 Å². The van der Waals surface area contributed by atoms with E-state index < -0.39 is 5.91 Å². The molecule has 1 amide bonds. The zero-order valence-electron chi connectivity index (χ0n) is 15.4. The van der Waals surface area contributed by atoms with Crippen molar-refractivity contribution in [2.75, 3.05) is 25.6 Å². The first kappa shape index (κ1) is 19.0. The van der Waals surface area contributed by atoms with Gasteiger partial charge in [0.1, 0.15) is 18.2 Å². The Morgan fingerprint density at radius 2 is 2.07 bits per heavy atom. The maximum atomic E-state index is 11.8. The summed E-state index contributed by atoms with van der Waals surface area (Å²) >= 11 is 0. The molecule has 0 bridgehead atoms. The van der Waals surface area contributed by atoms with Gasteiger partial charge in [0.15, 0.2) is 5.78 Å². The number of amides is 1. The van der Waals surface area contributed by atoms with E-state index >= 15 is 0 Å². The van der Waals surface area contributed by atoms with Crippen molar-refractivity contribution in [3.05, 3.63) is 53.0 Å². The van der Waals surface area contributed by atoms with Gasteiger partial charge in [-0.05, 0) is 29.9 Å². The molecule has 142 valence electrons. The maximum absolute atomic E-state index is 11.8. The highest BCUT2D eigenvalue weighted by Crippen LogP contribution is 2.29. The van der Waals surface area contributed by atoms with Crippen LogP contribution in [-0.2, 0) is 22.4 Å². The molecule has 7 nitrogen and oxygen atoms in total. The molecule has 1 aliphatic carbocycles. The number of benzene rings is 1. The molecule has 1 saturated carbocycles. The zero-order chi connectivity index (χ0) is 19.2. The fraction of sp³-hybridized carbons (Fsp3) is 0.400. The minimum Gasteiger partial charge on any atom is -0.377 e. The second-order valence-corrected chi connectivity index (χ2v) is 6.88. The number of nitrogens with two attached hydrogens (primary N) is 1. The Morgan fingerprint density at radius 1 is 1.30 bits per heavy atom. The van der Waals surface area contributed by atoms with Gasteiger partial charge in [0.2, 0.25) is 0 Å². The number of methoxy groups -OCH3 is 1. The monoisotopic (exact) mass is 368 g/mol. The fourth-order valence-electron chi connectivity index (χ4n) is 2.85. The number of carbonyl (C=O) groups is 2. The molecule has 1 aliphatic rings. The van der Waals surface area contributed by atoms with Crippen LogP contribution in [-0.4, -0.2) is 41.9 Å². The number of ether oxygens (including phenoxy) is 1. The van der Waals surface area contributed by atoms with Gasteiger partial charge >= 0.3 is 0 Å². The van der Waals surface area contributed by atoms with Crippen LogP contribution in [0.15, 0.2) is 30.5 Å². The number of ketones is 1. The van der Waals surface area contributed by atoms with Gasteiger partial charge in [0.05, 0.1) is 5.56 Å². The van der Waals surface area contributed by atoms with E-state index in [1.807, 2.05) is 24.3 Å². The third-order valence-electron chi connectivity index (χ3n) is 4.42. The molecule has 0 radical (unpaired) electrons. The van der Waals surface area contributed by atoms with E-state index in [9.17, 15) is 9.59 Å². The number of hydrogen-bond acceptors (Lipinski definition) is 6. The molecule has 1 heterocycles. The number of nitrogens with one attached hydrogen (secondary N) is 1. The van der Waals surface area contributed by atoms with Crippen molar-refractivity contribution in [3.8, 4) is 0 Å². The number of hydrogen-bond donors (Lipinski definition) is 2. The van der Waals surface area contributed by atoms with Gasteiger partial charge < -0.3 is 15.8 Å². The minimum absolute atomic E-state index is 0.0308. The van der Waals surface area contributed by atoms with Gasteiger partial charge in [-0.2, -0.15) is 0 Å². The van der Waals surface area contributed by atoms with Gasteiger partial charge in [0, 0.05) is 32.7 Å². The van der Waals surface area contributed by atoms with Gasteiger partial charge in [-0.1, -0.05) is 24.3 Å². The van der Waals surface area contributed by atoms with Crippen molar-refractivity contribution in [1.82, 2.24) is 9.97 Å². The summed E-state index contributed by atoms with van der Waals surface area (Å²) in [6.45, 7) is 0.895. The topological polar surface area (TPSA) is 107 Å². The number of primary amides is 1. The smallest absolute Gasteiger partial charge is 0.254 e. The molecule has 0 unspecified atom stereocenters. The molecule has 0 saturated heterocycles. The van der Waals surface area contributed by atoms with E-state index in [0.717, 1.165) is 17.7 Å². The molecule has 27 heavy (non-hydrogen) atoms. The summed E-state index contributed by atoms with van der Waals surface area (Å²) in [6, 6.07) is 7.76. The normalized spacial score (nSPS) is 13.4. The summed E-state index contributed by atoms with van der Waals surface area (Å²) in [5.41, 5.74) is 7.66. The highest BCUT2D eigenvalue weighted by Gasteiger charge is 2.22. The fourth-order valence-corrected chi connectivity index (χ4v) is 2.85. The minimum atomic E-state index is -0.543. The Labute approximate surface area is 158 Å². The molecule has 7 heteroatoms. The quantitative estimate of drug-likeness (QED) is 0.661. The first-order valence-corrected chi connectivity index (χ1v) is 9.03. The lowest BCUT2D eigenvalue weighted by molar-refractivity contribution is -0.121. The van der Waals surface area contributed by atoms with E-state index in [1.54, 1.807) is 0 Å². The van der Waals surface area contributed by atoms with Gasteiger partial charge in [-0.25, -0.2) is 9.97 Å². The summed E-state index contributed by atoms with van der Waals surface area (Å²) in [7, 11) is 1.51. The SMILES string of the molecule is COCC(=O)Cc1cccc(Cc2ncc(C(N)=O)c(NCC3CC3)n2)c1. The van der Waals surface area contributed by atoms with E-state index in [0.29, 0.717) is 36.0 Å². The van der Waals surface area contributed by atoms with Crippen LogP contribution in [0, 0.1) is 5.92 Å². The van der Waals surface area contributed by atoms with Crippen LogP contribution in [0.25, 0.3) is 0 Å². The Morgan fingerprint density at radius 3 is 2.78 bits per heavy atom. The van der Waals surface area contributed by atoms with Crippen molar-refractivity contribution < 1.29 is 14.3 Å². The van der Waals surface area contributed by atoms with Crippen molar-refractivity contribution in [1.29, 1.82) is 0 Å². The Kier molecular flexibility index (Phi) is 6.13. The molecule has 0 atom stereocenters. The molecular weight excluding hydrogens is 344 g/mol. The molecule has 0 aliphatic heterocycles. The van der Waals surface area contributed by atoms with Crippen LogP contribution in [0.2, 0.25) is 0 Å². The number of nitrogens with zero attached hydrogens (tertiary/aromatic N) is 2. The van der Waals surface area contributed by atoms with E-state index in [2.05, 4.69) is 15.3 Å². The van der Waals surface area contributed by atoms with Crippen LogP contribution in [0.4, 0.5) is 5.82 Å². The molecular formula is C20H24N4O3. The summed E-state index contributed by atoms with van der Waals surface area (Å²) in [5.74, 6) is 1.22. The standard InChI is InChI=1S/C20H24N4O3/c1-27-12-16(25)8-14-3-2-4-15(7-14)9-18-22-11-17(19(21)26)20(24-18)23-10-13-5-6-13/h2-4,7,11,13H,5-6,8-10,12H2,1H3,(H2,21,26)(H,22,23,24). The van der Waals surface area contributed by atoms with Gasteiger partial charge in [-0.3, -0.25) is 9.59 Å². The Bertz CT molecular complexity index is 834. The number of anilines is 1. The van der Waals surface area contributed by atoms with Crippen molar-refractivity contribution in [2.24, 2.45) is 11.7 Å². The third-order valence-corrected chi connectivity index (χ3v) is 4.42. The van der Waals surface area contributed by atoms with Crippen LogP contribution >= 0.6 is 0 Å². The summed E-state index contributed by atoms with van der Waals surface area (Å²) in [5, 5.41) is 3.22. The van der Waals surface area contributed by atoms with Crippen LogP contribution in [0.1, 0.15) is 40.2 Å². The van der Waals surface area contributed by atoms with Crippen LogP contribution < -0.4 is 11.1 Å². The van der Waals surface area contributed by atoms with Crippen LogP contribution in [0.5, 0.6) is 0 Å². The lowest BCUT2D eigenvalue weighted by Gasteiger charge is -2.10. The Hall–Kier alpha value is -2.80. The van der Waals surface area contributed by atoms with Crippen molar-refractivity contribution >= 4 is 17.5 Å². The summed E-state index contributed by atoms with van der Waals surface area (Å²) in [4.78, 5) is 32.1. The largest absolute Gasteiger partial charge is 0.377 e. The Balaban J connectivity index is 1.73. The molecule has 3 rings (SSSR count). The summed E-state index contributed by atoms with van der Waals surface area (Å²) < 4.78 is 4.88. The average molecular weight is 368 g/mol. The number of Topliss-reactive ketones (excluding diaryl/α,β-unsaturated/α-hetero) is 1. The highest BCUT2D eigenvalue weighted by molar-refractivity contribution is 5.97. The molecule has 0 spiro atoms. The van der Waals surface area contributed by atoms with Crippen molar-refractivity contribution in [2.45, 2.75) is 25.7 Å². The molecule has 1 aromatic heterocycles. The van der Waals surface area contributed by atoms with Gasteiger partial charge in [0.25, 0.3) is 5.91 Å².